The minimum absolute atomic E-state index is 0. The number of pyridine rings is 1. The number of thiazole rings is 1. The van der Waals surface area contributed by atoms with Gasteiger partial charge in [-0.05, 0) is 25.6 Å². The lowest BCUT2D eigenvalue weighted by Crippen LogP contribution is -2.44. The zero-order chi connectivity index (χ0) is 18.4. The van der Waals surface area contributed by atoms with Crippen LogP contribution in [0.5, 0.6) is 0 Å². The largest absolute Gasteiger partial charge is 0.354 e. The van der Waals surface area contributed by atoms with Crippen LogP contribution in [0.2, 0.25) is 0 Å². The van der Waals surface area contributed by atoms with Crippen molar-refractivity contribution in [1.29, 1.82) is 0 Å². The summed E-state index contributed by atoms with van der Waals surface area (Å²) in [5.74, 6) is 1.82. The van der Waals surface area contributed by atoms with Crippen molar-refractivity contribution < 1.29 is 0 Å². The Morgan fingerprint density at radius 3 is 2.44 bits per heavy atom. The van der Waals surface area contributed by atoms with Crippen molar-refractivity contribution in [3.05, 3.63) is 40.0 Å². The average molecular weight is 501 g/mol. The molecule has 0 unspecified atom stereocenters. The Kier molecular flexibility index (Phi) is 8.71. The van der Waals surface area contributed by atoms with E-state index in [2.05, 4.69) is 61.5 Å². The monoisotopic (exact) mass is 501 g/mol. The van der Waals surface area contributed by atoms with E-state index in [1.807, 2.05) is 12.4 Å². The van der Waals surface area contributed by atoms with E-state index in [1.165, 1.54) is 4.88 Å². The van der Waals surface area contributed by atoms with E-state index in [0.717, 1.165) is 48.5 Å². The van der Waals surface area contributed by atoms with Gasteiger partial charge in [-0.3, -0.25) is 4.99 Å². The van der Waals surface area contributed by atoms with Gasteiger partial charge in [-0.25, -0.2) is 9.97 Å². The van der Waals surface area contributed by atoms with Gasteiger partial charge in [-0.15, -0.1) is 35.3 Å². The molecular weight excluding hydrogens is 473 g/mol. The number of nitrogens with one attached hydrogen (secondary N) is 2. The Morgan fingerprint density at radius 2 is 1.85 bits per heavy atom. The first-order chi connectivity index (χ1) is 12.6. The summed E-state index contributed by atoms with van der Waals surface area (Å²) in [6.45, 7) is 7.68. The van der Waals surface area contributed by atoms with Crippen molar-refractivity contribution in [2.75, 3.05) is 45.2 Å². The first-order valence-corrected chi connectivity index (χ1v) is 9.70. The molecule has 1 saturated heterocycles. The van der Waals surface area contributed by atoms with E-state index >= 15 is 0 Å². The summed E-state index contributed by atoms with van der Waals surface area (Å²) in [4.78, 5) is 19.1. The molecule has 2 aromatic rings. The van der Waals surface area contributed by atoms with Crippen molar-refractivity contribution >= 4 is 47.1 Å². The minimum atomic E-state index is 0. The van der Waals surface area contributed by atoms with Gasteiger partial charge in [0.05, 0.1) is 6.54 Å². The number of hydrogen-bond acceptors (Lipinski definition) is 6. The molecule has 2 aromatic heterocycles. The van der Waals surface area contributed by atoms with Gasteiger partial charge in [-0.1, -0.05) is 6.07 Å². The van der Waals surface area contributed by atoms with Gasteiger partial charge in [0.25, 0.3) is 0 Å². The van der Waals surface area contributed by atoms with Gasteiger partial charge in [0.1, 0.15) is 10.8 Å². The summed E-state index contributed by atoms with van der Waals surface area (Å²) in [5, 5.41) is 7.67. The number of aromatic nitrogens is 2. The van der Waals surface area contributed by atoms with Crippen molar-refractivity contribution in [3.8, 4) is 0 Å². The van der Waals surface area contributed by atoms with Gasteiger partial charge in [0.15, 0.2) is 5.96 Å². The number of likely N-dealkylation sites (N-methyl/N-ethyl adjacent to an activating group) is 1. The molecule has 0 amide bonds. The van der Waals surface area contributed by atoms with Crippen molar-refractivity contribution in [1.82, 2.24) is 25.5 Å². The summed E-state index contributed by atoms with van der Waals surface area (Å²) in [7, 11) is 3.94. The summed E-state index contributed by atoms with van der Waals surface area (Å²) in [6, 6.07) is 4.24. The smallest absolute Gasteiger partial charge is 0.191 e. The van der Waals surface area contributed by atoms with Crippen LogP contribution in [0.25, 0.3) is 0 Å². The van der Waals surface area contributed by atoms with Crippen LogP contribution in [0.4, 0.5) is 5.82 Å². The second-order valence-electron chi connectivity index (χ2n) is 6.46. The van der Waals surface area contributed by atoms with Gasteiger partial charge >= 0.3 is 0 Å². The van der Waals surface area contributed by atoms with E-state index in [0.29, 0.717) is 13.1 Å². The molecule has 0 aliphatic carbocycles. The van der Waals surface area contributed by atoms with Crippen LogP contribution in [0.3, 0.4) is 0 Å². The molecule has 0 bridgehead atoms. The van der Waals surface area contributed by atoms with E-state index in [-0.39, 0.29) is 24.0 Å². The minimum Gasteiger partial charge on any atom is -0.354 e. The molecule has 0 spiro atoms. The molecule has 3 rings (SSSR count). The quantitative estimate of drug-likeness (QED) is 0.372. The molecule has 27 heavy (non-hydrogen) atoms. The highest BCUT2D eigenvalue weighted by atomic mass is 127. The van der Waals surface area contributed by atoms with E-state index in [9.17, 15) is 0 Å². The normalized spacial score (nSPS) is 15.4. The lowest BCUT2D eigenvalue weighted by atomic mass is 10.2. The highest BCUT2D eigenvalue weighted by molar-refractivity contribution is 14.0. The molecule has 0 aromatic carbocycles. The van der Waals surface area contributed by atoms with Crippen LogP contribution in [-0.4, -0.2) is 61.1 Å². The highest BCUT2D eigenvalue weighted by Gasteiger charge is 2.14. The SMILES string of the molecule is CN=C(NCc1ccc(N2CCN(C)CC2)nc1)NCc1ncc(C)s1.I. The van der Waals surface area contributed by atoms with Gasteiger partial charge < -0.3 is 20.4 Å². The number of piperazine rings is 1. The summed E-state index contributed by atoms with van der Waals surface area (Å²) >= 11 is 1.70. The number of anilines is 1. The molecule has 2 N–H and O–H groups in total. The van der Waals surface area contributed by atoms with Crippen molar-refractivity contribution in [2.24, 2.45) is 4.99 Å². The Morgan fingerprint density at radius 1 is 1.11 bits per heavy atom. The fourth-order valence-electron chi connectivity index (χ4n) is 2.79. The van der Waals surface area contributed by atoms with E-state index in [4.69, 9.17) is 0 Å². The third-order valence-electron chi connectivity index (χ3n) is 4.40. The fraction of sp³-hybridized carbons (Fsp3) is 0.500. The van der Waals surface area contributed by atoms with Crippen LogP contribution in [0.15, 0.2) is 29.5 Å². The van der Waals surface area contributed by atoms with Crippen LogP contribution in [0.1, 0.15) is 15.4 Å². The zero-order valence-corrected chi connectivity index (χ0v) is 19.3. The number of aliphatic imine (C=N–C) groups is 1. The first kappa shape index (κ1) is 21.8. The number of aryl methyl sites for hydroxylation is 1. The molecule has 1 aliphatic rings. The number of rotatable bonds is 5. The lowest BCUT2D eigenvalue weighted by molar-refractivity contribution is 0.312. The molecule has 7 nitrogen and oxygen atoms in total. The second-order valence-corrected chi connectivity index (χ2v) is 7.78. The molecule has 0 atom stereocenters. The molecule has 1 aliphatic heterocycles. The molecule has 3 heterocycles. The Labute approximate surface area is 182 Å². The molecule has 0 saturated carbocycles. The zero-order valence-electron chi connectivity index (χ0n) is 16.1. The molecule has 9 heteroatoms. The Hall–Kier alpha value is -1.46. The van der Waals surface area contributed by atoms with Gasteiger partial charge in [0.2, 0.25) is 0 Å². The van der Waals surface area contributed by atoms with Crippen molar-refractivity contribution in [3.63, 3.8) is 0 Å². The maximum absolute atomic E-state index is 4.63. The standard InChI is InChI=1S/C18H27N7S.HI/c1-14-10-21-17(26-14)13-23-18(19-2)22-12-15-4-5-16(20-11-15)25-8-6-24(3)7-9-25;/h4-5,10-11H,6-9,12-13H2,1-3H3,(H2,19,22,23);1H. The van der Waals surface area contributed by atoms with E-state index in [1.54, 1.807) is 18.4 Å². The third kappa shape index (κ3) is 6.58. The van der Waals surface area contributed by atoms with Gasteiger partial charge in [0, 0.05) is 57.0 Å². The second kappa shape index (κ2) is 10.8. The fourth-order valence-corrected chi connectivity index (χ4v) is 3.52. The Bertz CT molecular complexity index is 724. The lowest BCUT2D eigenvalue weighted by Gasteiger charge is -2.33. The van der Waals surface area contributed by atoms with Crippen molar-refractivity contribution in [2.45, 2.75) is 20.0 Å². The average Bonchev–Trinajstić information content (AvgIpc) is 3.08. The molecule has 148 valence electrons. The van der Waals surface area contributed by atoms with Crippen LogP contribution in [-0.2, 0) is 13.1 Å². The molecule has 0 radical (unpaired) electrons. The first-order valence-electron chi connectivity index (χ1n) is 8.88. The van der Waals surface area contributed by atoms with Crippen LogP contribution >= 0.6 is 35.3 Å². The number of halogens is 1. The summed E-state index contributed by atoms with van der Waals surface area (Å²) in [6.07, 6.45) is 3.84. The van der Waals surface area contributed by atoms with E-state index < -0.39 is 0 Å². The molecular formula is C18H28IN7S. The number of nitrogens with zero attached hydrogens (tertiary/aromatic N) is 5. The van der Waals surface area contributed by atoms with Gasteiger partial charge in [-0.2, -0.15) is 0 Å². The number of hydrogen-bond donors (Lipinski definition) is 2. The maximum atomic E-state index is 4.63. The van der Waals surface area contributed by atoms with Crippen LogP contribution in [0, 0.1) is 6.92 Å². The third-order valence-corrected chi connectivity index (χ3v) is 5.31. The topological polar surface area (TPSA) is 68.7 Å². The van der Waals surface area contributed by atoms with Crippen LogP contribution < -0.4 is 15.5 Å². The predicted octanol–water partition coefficient (Wildman–Crippen LogP) is 2.08. The molecule has 1 fully saturated rings. The summed E-state index contributed by atoms with van der Waals surface area (Å²) < 4.78 is 0. The summed E-state index contributed by atoms with van der Waals surface area (Å²) in [5.41, 5.74) is 1.14. The highest BCUT2D eigenvalue weighted by Crippen LogP contribution is 2.13. The predicted molar refractivity (Wildman–Crippen MR) is 123 cm³/mol. The number of guanidine groups is 1. The Balaban J connectivity index is 0.00000261. The maximum Gasteiger partial charge on any atom is 0.191 e.